The van der Waals surface area contributed by atoms with Crippen molar-refractivity contribution < 1.29 is 4.74 Å². The van der Waals surface area contributed by atoms with Gasteiger partial charge in [-0.15, -0.1) is 22.7 Å². The number of nitrogens with zero attached hydrogens (tertiary/aromatic N) is 1. The maximum Gasteiger partial charge on any atom is 0.109 e. The number of benzene rings is 1. The Morgan fingerprint density at radius 2 is 1.77 bits per heavy atom. The van der Waals surface area contributed by atoms with Crippen molar-refractivity contribution in [1.82, 2.24) is 0 Å². The van der Waals surface area contributed by atoms with Gasteiger partial charge in [0.2, 0.25) is 0 Å². The molecule has 4 rings (SSSR count). The molecule has 1 unspecified atom stereocenters. The highest BCUT2D eigenvalue weighted by atomic mass is 32.1. The molecular formula is C18H17NOS2. The summed E-state index contributed by atoms with van der Waals surface area (Å²) >= 11 is 3.56. The molecule has 1 fully saturated rings. The monoisotopic (exact) mass is 327 g/mol. The number of rotatable bonds is 3. The van der Waals surface area contributed by atoms with E-state index in [1.165, 1.54) is 21.0 Å². The Kier molecular flexibility index (Phi) is 3.97. The van der Waals surface area contributed by atoms with Crippen molar-refractivity contribution in [2.45, 2.75) is 6.10 Å². The van der Waals surface area contributed by atoms with Gasteiger partial charge in [0.1, 0.15) is 6.10 Å². The minimum atomic E-state index is 0.200. The van der Waals surface area contributed by atoms with E-state index in [-0.39, 0.29) is 6.10 Å². The first-order valence-electron chi connectivity index (χ1n) is 7.44. The van der Waals surface area contributed by atoms with E-state index in [0.29, 0.717) is 0 Å². The van der Waals surface area contributed by atoms with Gasteiger partial charge in [0.25, 0.3) is 0 Å². The zero-order valence-electron chi connectivity index (χ0n) is 12.1. The Morgan fingerprint density at radius 1 is 0.955 bits per heavy atom. The van der Waals surface area contributed by atoms with Gasteiger partial charge in [-0.2, -0.15) is 0 Å². The van der Waals surface area contributed by atoms with Crippen LogP contribution in [-0.4, -0.2) is 19.7 Å². The van der Waals surface area contributed by atoms with Crippen LogP contribution in [0.5, 0.6) is 0 Å². The van der Waals surface area contributed by atoms with Crippen molar-refractivity contribution in [1.29, 1.82) is 0 Å². The second-order valence-corrected chi connectivity index (χ2v) is 7.27. The van der Waals surface area contributed by atoms with Crippen molar-refractivity contribution in [3.8, 4) is 10.4 Å². The standard InChI is InChI=1S/C18H17NOS2/c1-3-17(21-11-1)14-5-7-15(8-6-14)19-9-10-20-16(13-19)18-4-2-12-22-18/h1-8,11-12,16H,9-10,13H2. The number of thiophene rings is 2. The number of ether oxygens (including phenoxy) is 1. The van der Waals surface area contributed by atoms with E-state index >= 15 is 0 Å². The molecule has 2 nitrogen and oxygen atoms in total. The van der Waals surface area contributed by atoms with Gasteiger partial charge >= 0.3 is 0 Å². The average molecular weight is 327 g/mol. The van der Waals surface area contributed by atoms with Gasteiger partial charge in [-0.05, 0) is 40.6 Å². The minimum absolute atomic E-state index is 0.200. The molecule has 112 valence electrons. The molecule has 0 bridgehead atoms. The summed E-state index contributed by atoms with van der Waals surface area (Å²) in [5.41, 5.74) is 2.58. The summed E-state index contributed by atoms with van der Waals surface area (Å²) in [5.74, 6) is 0. The third kappa shape index (κ3) is 2.82. The maximum atomic E-state index is 5.93. The van der Waals surface area contributed by atoms with Crippen LogP contribution in [0, 0.1) is 0 Å². The molecule has 3 aromatic rings. The second kappa shape index (κ2) is 6.24. The molecule has 0 amide bonds. The van der Waals surface area contributed by atoms with Crippen LogP contribution < -0.4 is 4.90 Å². The van der Waals surface area contributed by atoms with Gasteiger partial charge in [0, 0.05) is 28.5 Å². The quantitative estimate of drug-likeness (QED) is 0.667. The Labute approximate surface area is 138 Å². The first-order chi connectivity index (χ1) is 10.9. The number of hydrogen-bond donors (Lipinski definition) is 0. The fourth-order valence-corrected chi connectivity index (χ4v) is 4.31. The first-order valence-corrected chi connectivity index (χ1v) is 9.20. The molecule has 2 aromatic heterocycles. The van der Waals surface area contributed by atoms with Gasteiger partial charge in [-0.25, -0.2) is 0 Å². The third-order valence-electron chi connectivity index (χ3n) is 3.97. The van der Waals surface area contributed by atoms with E-state index < -0.39 is 0 Å². The number of morpholine rings is 1. The van der Waals surface area contributed by atoms with E-state index in [1.54, 1.807) is 22.7 Å². The van der Waals surface area contributed by atoms with E-state index in [2.05, 4.69) is 64.2 Å². The lowest BCUT2D eigenvalue weighted by atomic mass is 10.1. The van der Waals surface area contributed by atoms with Crippen LogP contribution in [0.25, 0.3) is 10.4 Å². The fraction of sp³-hybridized carbons (Fsp3) is 0.222. The van der Waals surface area contributed by atoms with Crippen LogP contribution in [0.1, 0.15) is 11.0 Å². The maximum absolute atomic E-state index is 5.93. The molecule has 3 heterocycles. The van der Waals surface area contributed by atoms with Crippen molar-refractivity contribution in [3.05, 3.63) is 64.2 Å². The predicted molar refractivity (Wildman–Crippen MR) is 95.0 cm³/mol. The summed E-state index contributed by atoms with van der Waals surface area (Å²) in [6.07, 6.45) is 0.200. The van der Waals surface area contributed by atoms with Crippen LogP contribution in [0.3, 0.4) is 0 Å². The van der Waals surface area contributed by atoms with Crippen LogP contribution in [-0.2, 0) is 4.74 Å². The van der Waals surface area contributed by atoms with Gasteiger partial charge in [-0.3, -0.25) is 0 Å². The SMILES string of the molecule is c1csc(-c2ccc(N3CCOC(c4cccs4)C3)cc2)c1. The lowest BCUT2D eigenvalue weighted by Gasteiger charge is -2.34. The lowest BCUT2D eigenvalue weighted by Crippen LogP contribution is -2.38. The third-order valence-corrected chi connectivity index (χ3v) is 5.85. The van der Waals surface area contributed by atoms with Gasteiger partial charge < -0.3 is 9.64 Å². The van der Waals surface area contributed by atoms with Gasteiger partial charge in [0.05, 0.1) is 6.61 Å². The molecule has 1 saturated heterocycles. The molecule has 1 aliphatic rings. The summed E-state index contributed by atoms with van der Waals surface area (Å²) in [4.78, 5) is 5.07. The predicted octanol–water partition coefficient (Wildman–Crippen LogP) is 5.05. The van der Waals surface area contributed by atoms with Crippen molar-refractivity contribution in [3.63, 3.8) is 0 Å². The first kappa shape index (κ1) is 14.0. The van der Waals surface area contributed by atoms with Crippen LogP contribution in [0.2, 0.25) is 0 Å². The molecule has 22 heavy (non-hydrogen) atoms. The molecule has 0 saturated carbocycles. The molecule has 1 aromatic carbocycles. The Morgan fingerprint density at radius 3 is 2.50 bits per heavy atom. The van der Waals surface area contributed by atoms with E-state index in [0.717, 1.165) is 19.7 Å². The number of hydrogen-bond acceptors (Lipinski definition) is 4. The summed E-state index contributed by atoms with van der Waals surface area (Å²) in [7, 11) is 0. The highest BCUT2D eigenvalue weighted by Gasteiger charge is 2.22. The zero-order chi connectivity index (χ0) is 14.8. The number of anilines is 1. The molecule has 0 aliphatic carbocycles. The largest absolute Gasteiger partial charge is 0.369 e. The molecule has 0 spiro atoms. The van der Waals surface area contributed by atoms with Gasteiger partial charge in [-0.1, -0.05) is 24.3 Å². The van der Waals surface area contributed by atoms with Gasteiger partial charge in [0.15, 0.2) is 0 Å². The minimum Gasteiger partial charge on any atom is -0.369 e. The summed E-state index contributed by atoms with van der Waals surface area (Å²) in [6.45, 7) is 2.67. The normalized spacial score (nSPS) is 18.5. The van der Waals surface area contributed by atoms with Crippen molar-refractivity contribution in [2.24, 2.45) is 0 Å². The van der Waals surface area contributed by atoms with Crippen molar-refractivity contribution in [2.75, 3.05) is 24.6 Å². The molecule has 0 radical (unpaired) electrons. The smallest absolute Gasteiger partial charge is 0.109 e. The lowest BCUT2D eigenvalue weighted by molar-refractivity contribution is 0.0421. The van der Waals surface area contributed by atoms with Crippen LogP contribution in [0.15, 0.2) is 59.3 Å². The highest BCUT2D eigenvalue weighted by Crippen LogP contribution is 2.31. The van der Waals surface area contributed by atoms with Crippen LogP contribution in [0.4, 0.5) is 5.69 Å². The molecular weight excluding hydrogens is 310 g/mol. The summed E-state index contributed by atoms with van der Waals surface area (Å²) < 4.78 is 5.93. The zero-order valence-corrected chi connectivity index (χ0v) is 13.8. The Balaban J connectivity index is 1.51. The fourth-order valence-electron chi connectivity index (χ4n) is 2.81. The molecule has 1 aliphatic heterocycles. The molecule has 1 atom stereocenters. The summed E-state index contributed by atoms with van der Waals surface area (Å²) in [6, 6.07) is 17.4. The van der Waals surface area contributed by atoms with E-state index in [9.17, 15) is 0 Å². The van der Waals surface area contributed by atoms with Crippen LogP contribution >= 0.6 is 22.7 Å². The topological polar surface area (TPSA) is 12.5 Å². The second-order valence-electron chi connectivity index (χ2n) is 5.35. The van der Waals surface area contributed by atoms with Crippen molar-refractivity contribution >= 4 is 28.4 Å². The highest BCUT2D eigenvalue weighted by molar-refractivity contribution is 7.13. The van der Waals surface area contributed by atoms with E-state index in [1.807, 2.05) is 0 Å². The Hall–Kier alpha value is -1.62. The summed E-state index contributed by atoms with van der Waals surface area (Å²) in [5, 5.41) is 4.24. The molecule has 4 heteroatoms. The molecule has 0 N–H and O–H groups in total. The average Bonchev–Trinajstić information content (AvgIpc) is 3.29. The Bertz CT molecular complexity index is 704. The van der Waals surface area contributed by atoms with E-state index in [4.69, 9.17) is 4.74 Å².